The molecule has 0 unspecified atom stereocenters. The molecule has 0 saturated carbocycles. The van der Waals surface area contributed by atoms with Crippen molar-refractivity contribution in [3.8, 4) is 11.5 Å². The van der Waals surface area contributed by atoms with Crippen LogP contribution in [0.3, 0.4) is 0 Å². The van der Waals surface area contributed by atoms with Crippen molar-refractivity contribution >= 4 is 5.91 Å². The molecule has 27 heavy (non-hydrogen) atoms. The largest absolute Gasteiger partial charge is 0.491 e. The lowest BCUT2D eigenvalue weighted by Gasteiger charge is -2.23. The van der Waals surface area contributed by atoms with Gasteiger partial charge < -0.3 is 14.8 Å². The van der Waals surface area contributed by atoms with E-state index in [1.807, 2.05) is 56.3 Å². The fraction of sp³-hybridized carbons (Fsp3) is 0.435. The van der Waals surface area contributed by atoms with Crippen LogP contribution in [0.1, 0.15) is 45.2 Å². The highest BCUT2D eigenvalue weighted by atomic mass is 16.5. The number of para-hydroxylation sites is 1. The third-order valence-electron chi connectivity index (χ3n) is 4.32. The number of hydrogen-bond donors (Lipinski definition) is 1. The Morgan fingerprint density at radius 2 is 1.74 bits per heavy atom. The molecule has 0 bridgehead atoms. The summed E-state index contributed by atoms with van der Waals surface area (Å²) < 4.78 is 11.7. The number of nitrogens with one attached hydrogen (secondary N) is 1. The minimum atomic E-state index is -0.505. The summed E-state index contributed by atoms with van der Waals surface area (Å²) in [5, 5.41) is 2.90. The number of rotatable bonds is 8. The lowest BCUT2D eigenvalue weighted by Crippen LogP contribution is -2.39. The van der Waals surface area contributed by atoms with Gasteiger partial charge in [-0.15, -0.1) is 0 Å². The maximum atomic E-state index is 12.4. The summed E-state index contributed by atoms with van der Waals surface area (Å²) in [5.74, 6) is 1.45. The number of carbonyl (C=O) groups excluding carboxylic acids is 1. The number of aryl methyl sites for hydroxylation is 1. The van der Waals surface area contributed by atoms with Gasteiger partial charge in [-0.1, -0.05) is 63.6 Å². The van der Waals surface area contributed by atoms with E-state index in [4.69, 9.17) is 9.47 Å². The molecule has 1 atom stereocenters. The first kappa shape index (κ1) is 20.8. The standard InChI is InChI=1S/C23H31NO3/c1-6-20(27-18-13-11-17(2)12-14-18)22(25)24-15-16-26-21-10-8-7-9-19(21)23(3,4)5/h7-14,20H,6,15-16H2,1-5H3,(H,24,25)/t20-/m1/s1. The highest BCUT2D eigenvalue weighted by molar-refractivity contribution is 5.81. The zero-order chi connectivity index (χ0) is 19.9. The van der Waals surface area contributed by atoms with Gasteiger partial charge in [-0.3, -0.25) is 4.79 Å². The van der Waals surface area contributed by atoms with E-state index >= 15 is 0 Å². The van der Waals surface area contributed by atoms with Crippen molar-refractivity contribution in [2.45, 2.75) is 52.6 Å². The molecule has 4 heteroatoms. The van der Waals surface area contributed by atoms with Crippen molar-refractivity contribution in [1.82, 2.24) is 5.32 Å². The third-order valence-corrected chi connectivity index (χ3v) is 4.32. The number of carbonyl (C=O) groups is 1. The van der Waals surface area contributed by atoms with Gasteiger partial charge >= 0.3 is 0 Å². The molecule has 0 heterocycles. The van der Waals surface area contributed by atoms with Crippen LogP contribution in [0.4, 0.5) is 0 Å². The quantitative estimate of drug-likeness (QED) is 0.689. The van der Waals surface area contributed by atoms with Crippen LogP contribution in [0.2, 0.25) is 0 Å². The first-order chi connectivity index (χ1) is 12.8. The van der Waals surface area contributed by atoms with E-state index in [9.17, 15) is 4.79 Å². The molecule has 0 aliphatic heterocycles. The molecular formula is C23H31NO3. The van der Waals surface area contributed by atoms with Crippen molar-refractivity contribution in [2.24, 2.45) is 0 Å². The van der Waals surface area contributed by atoms with Crippen LogP contribution in [0.5, 0.6) is 11.5 Å². The number of hydrogen-bond acceptors (Lipinski definition) is 3. The molecule has 0 aromatic heterocycles. The van der Waals surface area contributed by atoms with Crippen LogP contribution < -0.4 is 14.8 Å². The Morgan fingerprint density at radius 1 is 1.07 bits per heavy atom. The molecule has 0 saturated heterocycles. The molecular weight excluding hydrogens is 338 g/mol. The van der Waals surface area contributed by atoms with Crippen molar-refractivity contribution in [2.75, 3.05) is 13.2 Å². The van der Waals surface area contributed by atoms with Crippen molar-refractivity contribution in [3.05, 3.63) is 59.7 Å². The monoisotopic (exact) mass is 369 g/mol. The van der Waals surface area contributed by atoms with Gasteiger partial charge in [0.2, 0.25) is 0 Å². The lowest BCUT2D eigenvalue weighted by atomic mass is 9.86. The summed E-state index contributed by atoms with van der Waals surface area (Å²) in [4.78, 5) is 12.4. The maximum absolute atomic E-state index is 12.4. The van der Waals surface area contributed by atoms with E-state index in [1.54, 1.807) is 0 Å². The predicted molar refractivity (Wildman–Crippen MR) is 110 cm³/mol. The number of benzene rings is 2. The van der Waals surface area contributed by atoms with E-state index < -0.39 is 6.10 Å². The summed E-state index contributed by atoms with van der Waals surface area (Å²) in [5.41, 5.74) is 2.33. The Balaban J connectivity index is 1.84. The minimum Gasteiger partial charge on any atom is -0.491 e. The summed E-state index contributed by atoms with van der Waals surface area (Å²) in [6.07, 6.45) is 0.0996. The van der Waals surface area contributed by atoms with Crippen molar-refractivity contribution in [3.63, 3.8) is 0 Å². The van der Waals surface area contributed by atoms with Crippen molar-refractivity contribution < 1.29 is 14.3 Å². The van der Waals surface area contributed by atoms with Gasteiger partial charge in [0.25, 0.3) is 5.91 Å². The van der Waals surface area contributed by atoms with Gasteiger partial charge in [0.05, 0.1) is 6.54 Å². The van der Waals surface area contributed by atoms with Crippen LogP contribution in [-0.4, -0.2) is 25.2 Å². The van der Waals surface area contributed by atoms with E-state index in [0.29, 0.717) is 25.3 Å². The third kappa shape index (κ3) is 6.31. The highest BCUT2D eigenvalue weighted by Crippen LogP contribution is 2.30. The fourth-order valence-electron chi connectivity index (χ4n) is 2.76. The SMILES string of the molecule is CC[C@@H](Oc1ccc(C)cc1)C(=O)NCCOc1ccccc1C(C)(C)C. The van der Waals surface area contributed by atoms with Crippen LogP contribution in [0.25, 0.3) is 0 Å². The first-order valence-electron chi connectivity index (χ1n) is 9.54. The van der Waals surface area contributed by atoms with Gasteiger partial charge in [0.15, 0.2) is 6.10 Å². The molecule has 0 aliphatic rings. The molecule has 2 aromatic carbocycles. The zero-order valence-electron chi connectivity index (χ0n) is 17.0. The van der Waals surface area contributed by atoms with E-state index in [1.165, 1.54) is 0 Å². The van der Waals surface area contributed by atoms with Crippen LogP contribution in [-0.2, 0) is 10.2 Å². The second-order valence-electron chi connectivity index (χ2n) is 7.71. The second-order valence-corrected chi connectivity index (χ2v) is 7.71. The molecule has 0 aliphatic carbocycles. The van der Waals surface area contributed by atoms with E-state index in [-0.39, 0.29) is 11.3 Å². The number of amides is 1. The summed E-state index contributed by atoms with van der Waals surface area (Å²) in [6.45, 7) is 11.3. The molecule has 2 rings (SSSR count). The summed E-state index contributed by atoms with van der Waals surface area (Å²) >= 11 is 0. The summed E-state index contributed by atoms with van der Waals surface area (Å²) in [7, 11) is 0. The molecule has 2 aromatic rings. The molecule has 1 amide bonds. The smallest absolute Gasteiger partial charge is 0.261 e. The van der Waals surface area contributed by atoms with Gasteiger partial charge in [0, 0.05) is 0 Å². The Hall–Kier alpha value is -2.49. The Bertz CT molecular complexity index is 732. The topological polar surface area (TPSA) is 47.6 Å². The number of ether oxygens (including phenoxy) is 2. The lowest BCUT2D eigenvalue weighted by molar-refractivity contribution is -0.128. The van der Waals surface area contributed by atoms with E-state index in [0.717, 1.165) is 16.9 Å². The normalized spacial score (nSPS) is 12.3. The Morgan fingerprint density at radius 3 is 2.37 bits per heavy atom. The average Bonchev–Trinajstić information content (AvgIpc) is 2.64. The second kappa shape index (κ2) is 9.45. The van der Waals surface area contributed by atoms with Crippen LogP contribution in [0.15, 0.2) is 48.5 Å². The Kier molecular flexibility index (Phi) is 7.28. The fourth-order valence-corrected chi connectivity index (χ4v) is 2.76. The first-order valence-corrected chi connectivity index (χ1v) is 9.54. The molecule has 4 nitrogen and oxygen atoms in total. The molecule has 0 spiro atoms. The molecule has 146 valence electrons. The van der Waals surface area contributed by atoms with Crippen molar-refractivity contribution in [1.29, 1.82) is 0 Å². The maximum Gasteiger partial charge on any atom is 0.261 e. The Labute approximate surface area is 162 Å². The van der Waals surface area contributed by atoms with Gasteiger partial charge in [-0.25, -0.2) is 0 Å². The van der Waals surface area contributed by atoms with Gasteiger partial charge in [-0.05, 0) is 42.5 Å². The van der Waals surface area contributed by atoms with Gasteiger partial charge in [-0.2, -0.15) is 0 Å². The summed E-state index contributed by atoms with van der Waals surface area (Å²) in [6, 6.07) is 15.7. The van der Waals surface area contributed by atoms with Crippen LogP contribution in [0, 0.1) is 6.92 Å². The highest BCUT2D eigenvalue weighted by Gasteiger charge is 2.19. The molecule has 1 N–H and O–H groups in total. The molecule has 0 fully saturated rings. The van der Waals surface area contributed by atoms with Gasteiger partial charge in [0.1, 0.15) is 18.1 Å². The molecule has 0 radical (unpaired) electrons. The minimum absolute atomic E-state index is 0.00895. The van der Waals surface area contributed by atoms with E-state index in [2.05, 4.69) is 32.2 Å². The average molecular weight is 370 g/mol. The van der Waals surface area contributed by atoms with Crippen LogP contribution >= 0.6 is 0 Å². The predicted octanol–water partition coefficient (Wildman–Crippen LogP) is 4.65. The zero-order valence-corrected chi connectivity index (χ0v) is 17.0.